The zero-order valence-corrected chi connectivity index (χ0v) is 7.10. The van der Waals surface area contributed by atoms with Crippen molar-refractivity contribution < 1.29 is 9.18 Å². The summed E-state index contributed by atoms with van der Waals surface area (Å²) in [6, 6.07) is 3.18. The molecule has 13 heavy (non-hydrogen) atoms. The highest BCUT2D eigenvalue weighted by molar-refractivity contribution is 5.90. The number of halogens is 1. The number of benzene rings is 1. The van der Waals surface area contributed by atoms with Gasteiger partial charge in [-0.15, -0.1) is 0 Å². The van der Waals surface area contributed by atoms with Crippen molar-refractivity contribution in [2.24, 2.45) is 0 Å². The fraction of sp³-hybridized carbons (Fsp3) is 0.100. The number of aromatic amines is 1. The van der Waals surface area contributed by atoms with Gasteiger partial charge < -0.3 is 4.98 Å². The van der Waals surface area contributed by atoms with E-state index in [4.69, 9.17) is 0 Å². The predicted octanol–water partition coefficient (Wildman–Crippen LogP) is 2.43. The summed E-state index contributed by atoms with van der Waals surface area (Å²) in [6.45, 7) is 1.80. The number of aromatic nitrogens is 1. The summed E-state index contributed by atoms with van der Waals surface area (Å²) >= 11 is 0. The maximum atomic E-state index is 13.5. The Hall–Kier alpha value is -1.64. The summed E-state index contributed by atoms with van der Waals surface area (Å²) in [5.74, 6) is -0.439. The second kappa shape index (κ2) is 2.69. The normalized spacial score (nSPS) is 10.6. The molecular formula is C10H8FNO. The molecule has 0 aliphatic rings. The Labute approximate surface area is 74.4 Å². The highest BCUT2D eigenvalue weighted by atomic mass is 19.1. The van der Waals surface area contributed by atoms with E-state index in [1.54, 1.807) is 19.2 Å². The number of carbonyl (C=O) groups is 1. The molecule has 1 aromatic heterocycles. The molecule has 0 bridgehead atoms. The van der Waals surface area contributed by atoms with Crippen LogP contribution in [-0.4, -0.2) is 11.3 Å². The predicted molar refractivity (Wildman–Crippen MR) is 48.4 cm³/mol. The van der Waals surface area contributed by atoms with Crippen LogP contribution < -0.4 is 0 Å². The Balaban J connectivity index is 2.91. The maximum Gasteiger partial charge on any atom is 0.153 e. The van der Waals surface area contributed by atoms with Gasteiger partial charge in [-0.25, -0.2) is 4.39 Å². The van der Waals surface area contributed by atoms with Crippen LogP contribution in [0.3, 0.4) is 0 Å². The number of hydrogen-bond acceptors (Lipinski definition) is 1. The van der Waals surface area contributed by atoms with Gasteiger partial charge in [0.05, 0.1) is 5.56 Å². The summed E-state index contributed by atoms with van der Waals surface area (Å²) in [5.41, 5.74) is 1.65. The van der Waals surface area contributed by atoms with Gasteiger partial charge in [0.2, 0.25) is 0 Å². The van der Waals surface area contributed by atoms with Gasteiger partial charge in [0.25, 0.3) is 0 Å². The molecule has 0 amide bonds. The molecule has 1 heterocycles. The van der Waals surface area contributed by atoms with Crippen LogP contribution in [0.5, 0.6) is 0 Å². The van der Waals surface area contributed by atoms with E-state index in [2.05, 4.69) is 4.98 Å². The first-order valence-electron chi connectivity index (χ1n) is 3.95. The van der Waals surface area contributed by atoms with Crippen molar-refractivity contribution in [3.63, 3.8) is 0 Å². The maximum absolute atomic E-state index is 13.5. The monoisotopic (exact) mass is 177 g/mol. The lowest BCUT2D eigenvalue weighted by molar-refractivity contribution is 0.112. The number of rotatable bonds is 1. The Kier molecular flexibility index (Phi) is 1.65. The van der Waals surface area contributed by atoms with Crippen molar-refractivity contribution in [3.05, 3.63) is 35.3 Å². The van der Waals surface area contributed by atoms with E-state index in [9.17, 15) is 9.18 Å². The van der Waals surface area contributed by atoms with Crippen molar-refractivity contribution in [2.45, 2.75) is 6.92 Å². The minimum absolute atomic E-state index is 0.107. The van der Waals surface area contributed by atoms with E-state index in [-0.39, 0.29) is 5.56 Å². The van der Waals surface area contributed by atoms with E-state index in [0.717, 1.165) is 11.1 Å². The average Bonchev–Trinajstić information content (AvgIpc) is 2.49. The summed E-state index contributed by atoms with van der Waals surface area (Å²) in [6.07, 6.45) is 2.25. The van der Waals surface area contributed by atoms with Crippen molar-refractivity contribution in [1.82, 2.24) is 4.98 Å². The van der Waals surface area contributed by atoms with Gasteiger partial charge in [-0.3, -0.25) is 4.79 Å². The number of nitrogens with one attached hydrogen (secondary N) is 1. The fourth-order valence-electron chi connectivity index (χ4n) is 1.45. The molecule has 0 saturated heterocycles. The molecule has 0 atom stereocenters. The van der Waals surface area contributed by atoms with Crippen LogP contribution in [0.2, 0.25) is 0 Å². The molecule has 1 aromatic carbocycles. The van der Waals surface area contributed by atoms with Crippen molar-refractivity contribution in [3.8, 4) is 0 Å². The number of hydrogen-bond donors (Lipinski definition) is 1. The van der Waals surface area contributed by atoms with Gasteiger partial charge in [0.1, 0.15) is 5.82 Å². The van der Waals surface area contributed by atoms with Crippen LogP contribution in [0.15, 0.2) is 18.3 Å². The number of H-pyrrole nitrogens is 1. The second-order valence-corrected chi connectivity index (χ2v) is 2.98. The van der Waals surface area contributed by atoms with E-state index in [1.165, 1.54) is 6.07 Å². The zero-order valence-electron chi connectivity index (χ0n) is 7.10. The van der Waals surface area contributed by atoms with E-state index < -0.39 is 5.82 Å². The van der Waals surface area contributed by atoms with Gasteiger partial charge in [0.15, 0.2) is 6.29 Å². The van der Waals surface area contributed by atoms with Crippen LogP contribution in [-0.2, 0) is 0 Å². The molecule has 0 spiro atoms. The molecule has 2 nitrogen and oxygen atoms in total. The van der Waals surface area contributed by atoms with Crippen LogP contribution in [0.1, 0.15) is 15.9 Å². The minimum atomic E-state index is -0.439. The third kappa shape index (κ3) is 1.04. The Bertz CT molecular complexity index is 473. The molecular weight excluding hydrogens is 169 g/mol. The summed E-state index contributed by atoms with van der Waals surface area (Å²) in [7, 11) is 0. The van der Waals surface area contributed by atoms with Gasteiger partial charge in [0, 0.05) is 17.1 Å². The molecule has 2 rings (SSSR count). The Morgan fingerprint density at radius 3 is 2.92 bits per heavy atom. The third-order valence-electron chi connectivity index (χ3n) is 2.14. The van der Waals surface area contributed by atoms with Gasteiger partial charge in [-0.05, 0) is 24.6 Å². The number of aldehydes is 1. The molecule has 66 valence electrons. The van der Waals surface area contributed by atoms with Gasteiger partial charge >= 0.3 is 0 Å². The third-order valence-corrected chi connectivity index (χ3v) is 2.14. The largest absolute Gasteiger partial charge is 0.361 e. The molecule has 0 aliphatic carbocycles. The van der Waals surface area contributed by atoms with Crippen LogP contribution >= 0.6 is 0 Å². The van der Waals surface area contributed by atoms with Crippen molar-refractivity contribution in [1.29, 1.82) is 0 Å². The average molecular weight is 177 g/mol. The quantitative estimate of drug-likeness (QED) is 0.666. The molecule has 0 aliphatic heterocycles. The van der Waals surface area contributed by atoms with E-state index in [1.807, 2.05) is 0 Å². The first kappa shape index (κ1) is 7.98. The summed E-state index contributed by atoms with van der Waals surface area (Å²) in [5, 5.41) is 0.504. The molecule has 0 fully saturated rings. The SMILES string of the molecule is Cc1c[nH]c2ccc(C=O)c(F)c12. The van der Waals surface area contributed by atoms with Crippen molar-refractivity contribution >= 4 is 17.2 Å². The smallest absolute Gasteiger partial charge is 0.153 e. The van der Waals surface area contributed by atoms with Crippen LogP contribution in [0.4, 0.5) is 4.39 Å². The Morgan fingerprint density at radius 2 is 2.23 bits per heavy atom. The lowest BCUT2D eigenvalue weighted by Gasteiger charge is -1.97. The first-order valence-corrected chi connectivity index (χ1v) is 3.95. The van der Waals surface area contributed by atoms with Gasteiger partial charge in [-0.2, -0.15) is 0 Å². The molecule has 0 radical (unpaired) electrons. The molecule has 3 heteroatoms. The number of aryl methyl sites for hydroxylation is 1. The minimum Gasteiger partial charge on any atom is -0.361 e. The fourth-order valence-corrected chi connectivity index (χ4v) is 1.45. The zero-order chi connectivity index (χ0) is 9.42. The number of fused-ring (bicyclic) bond motifs is 1. The standard InChI is InChI=1S/C10H8FNO/c1-6-4-12-8-3-2-7(5-13)10(11)9(6)8/h2-5,12H,1H3. The molecule has 2 aromatic rings. The molecule has 1 N–H and O–H groups in total. The second-order valence-electron chi connectivity index (χ2n) is 2.98. The topological polar surface area (TPSA) is 32.9 Å². The molecule has 0 saturated carbocycles. The summed E-state index contributed by atoms with van der Waals surface area (Å²) < 4.78 is 13.5. The highest BCUT2D eigenvalue weighted by Gasteiger charge is 2.09. The lowest BCUT2D eigenvalue weighted by Crippen LogP contribution is -1.88. The van der Waals surface area contributed by atoms with Crippen LogP contribution in [0.25, 0.3) is 10.9 Å². The highest BCUT2D eigenvalue weighted by Crippen LogP contribution is 2.22. The van der Waals surface area contributed by atoms with Crippen LogP contribution in [0, 0.1) is 12.7 Å². The number of carbonyl (C=O) groups excluding carboxylic acids is 1. The van der Waals surface area contributed by atoms with Crippen molar-refractivity contribution in [2.75, 3.05) is 0 Å². The van der Waals surface area contributed by atoms with Gasteiger partial charge in [-0.1, -0.05) is 0 Å². The Morgan fingerprint density at radius 1 is 1.46 bits per heavy atom. The molecule has 0 unspecified atom stereocenters. The van der Waals surface area contributed by atoms with E-state index >= 15 is 0 Å². The lowest BCUT2D eigenvalue weighted by atomic mass is 10.1. The van der Waals surface area contributed by atoms with E-state index in [0.29, 0.717) is 11.7 Å². The summed E-state index contributed by atoms with van der Waals surface area (Å²) in [4.78, 5) is 13.4. The first-order chi connectivity index (χ1) is 6.24.